The zero-order valence-corrected chi connectivity index (χ0v) is 17.7. The highest BCUT2D eigenvalue weighted by Gasteiger charge is 2.53. The third kappa shape index (κ3) is 3.60. The fourth-order valence-corrected chi connectivity index (χ4v) is 5.88. The van der Waals surface area contributed by atoms with Gasteiger partial charge >= 0.3 is 0 Å². The minimum Gasteiger partial charge on any atom is -0.352 e. The van der Waals surface area contributed by atoms with Gasteiger partial charge < -0.3 is 9.84 Å². The first-order valence-electron chi connectivity index (χ1n) is 10.0. The summed E-state index contributed by atoms with van der Waals surface area (Å²) in [6.45, 7) is 2.56. The number of benzene rings is 1. The van der Waals surface area contributed by atoms with Gasteiger partial charge in [-0.2, -0.15) is 4.98 Å². The van der Waals surface area contributed by atoms with Crippen molar-refractivity contribution in [3.05, 3.63) is 57.8 Å². The van der Waals surface area contributed by atoms with Crippen molar-refractivity contribution in [3.8, 4) is 10.7 Å². The summed E-state index contributed by atoms with van der Waals surface area (Å²) in [5.41, 5.74) is 1.04. The molecule has 2 heterocycles. The van der Waals surface area contributed by atoms with Crippen LogP contribution < -0.4 is 5.32 Å². The highest BCUT2D eigenvalue weighted by Crippen LogP contribution is 2.56. The smallest absolute Gasteiger partial charge is 0.231 e. The number of fused-ring (bicyclic) bond motifs is 2. The molecule has 3 aromatic rings. The molecule has 29 heavy (non-hydrogen) atoms. The fourth-order valence-electron chi connectivity index (χ4n) is 4.96. The van der Waals surface area contributed by atoms with Crippen LogP contribution in [0.25, 0.3) is 10.7 Å². The van der Waals surface area contributed by atoms with Crippen molar-refractivity contribution in [3.63, 3.8) is 0 Å². The largest absolute Gasteiger partial charge is 0.352 e. The molecule has 0 unspecified atom stereocenters. The SMILES string of the molecule is Cc1ccc(-c2noc([C@H]3[C@@H]4CC[C@@H](C4)[C@@H]3C(=O)NCc3ccc(Cl)cc3)n2)s1. The maximum atomic E-state index is 13.1. The minimum absolute atomic E-state index is 0.0151. The van der Waals surface area contributed by atoms with Gasteiger partial charge in [0.25, 0.3) is 0 Å². The number of carbonyl (C=O) groups excluding carboxylic acids is 1. The number of hydrogen-bond donors (Lipinski definition) is 1. The minimum atomic E-state index is -0.0978. The maximum Gasteiger partial charge on any atom is 0.231 e. The number of carbonyl (C=O) groups is 1. The fraction of sp³-hybridized carbons (Fsp3) is 0.409. The molecule has 150 valence electrons. The van der Waals surface area contributed by atoms with Gasteiger partial charge in [0.2, 0.25) is 17.6 Å². The van der Waals surface area contributed by atoms with Crippen molar-refractivity contribution in [1.82, 2.24) is 15.5 Å². The van der Waals surface area contributed by atoms with Crippen LogP contribution in [0.15, 0.2) is 40.9 Å². The summed E-state index contributed by atoms with van der Waals surface area (Å²) < 4.78 is 5.67. The molecule has 1 amide bonds. The molecule has 2 aliphatic rings. The highest BCUT2D eigenvalue weighted by atomic mass is 35.5. The molecule has 0 spiro atoms. The van der Waals surface area contributed by atoms with Crippen LogP contribution in [0.3, 0.4) is 0 Å². The summed E-state index contributed by atoms with van der Waals surface area (Å²) in [4.78, 5) is 20.0. The van der Waals surface area contributed by atoms with Crippen molar-refractivity contribution < 1.29 is 9.32 Å². The van der Waals surface area contributed by atoms with E-state index in [1.165, 1.54) is 4.88 Å². The standard InChI is InChI=1S/C22H22ClN3O2S/c1-12-2-9-17(29-12)20-25-22(28-26-20)19-15-6-5-14(10-15)18(19)21(27)24-11-13-3-7-16(23)8-4-13/h2-4,7-9,14-15,18-19H,5-6,10-11H2,1H3,(H,24,27)/t14-,15+,18-,19-/m0/s1. The van der Waals surface area contributed by atoms with E-state index in [0.29, 0.717) is 35.1 Å². The van der Waals surface area contributed by atoms with E-state index in [2.05, 4.69) is 23.5 Å². The van der Waals surface area contributed by atoms with Gasteiger partial charge in [-0.1, -0.05) is 28.9 Å². The van der Waals surface area contributed by atoms with E-state index in [4.69, 9.17) is 21.1 Å². The molecule has 1 aromatic carbocycles. The lowest BCUT2D eigenvalue weighted by Crippen LogP contribution is -2.37. The van der Waals surface area contributed by atoms with E-state index in [1.807, 2.05) is 30.3 Å². The lowest BCUT2D eigenvalue weighted by Gasteiger charge is -2.27. The molecule has 2 bridgehead atoms. The molecule has 5 rings (SSSR count). The second kappa shape index (κ2) is 7.58. The van der Waals surface area contributed by atoms with Gasteiger partial charge in [0, 0.05) is 16.4 Å². The summed E-state index contributed by atoms with van der Waals surface area (Å²) in [6.07, 6.45) is 3.30. The van der Waals surface area contributed by atoms with Crippen molar-refractivity contribution >= 4 is 28.8 Å². The van der Waals surface area contributed by atoms with Crippen molar-refractivity contribution in [2.75, 3.05) is 0 Å². The summed E-state index contributed by atoms with van der Waals surface area (Å²) in [5.74, 6) is 2.09. The molecule has 2 aliphatic carbocycles. The monoisotopic (exact) mass is 427 g/mol. The molecular formula is C22H22ClN3O2S. The Morgan fingerprint density at radius 3 is 2.76 bits per heavy atom. The van der Waals surface area contributed by atoms with E-state index in [-0.39, 0.29) is 17.7 Å². The zero-order chi connectivity index (χ0) is 20.0. The van der Waals surface area contributed by atoms with Gasteiger partial charge in [0.15, 0.2) is 0 Å². The predicted molar refractivity (Wildman–Crippen MR) is 113 cm³/mol. The molecular weight excluding hydrogens is 406 g/mol. The first-order valence-corrected chi connectivity index (χ1v) is 11.2. The van der Waals surface area contributed by atoms with E-state index in [1.54, 1.807) is 11.3 Å². The Bertz CT molecular complexity index is 1030. The first kappa shape index (κ1) is 18.8. The lowest BCUT2D eigenvalue weighted by atomic mass is 9.78. The molecule has 7 heteroatoms. The van der Waals surface area contributed by atoms with Gasteiger partial charge in [-0.15, -0.1) is 11.3 Å². The number of hydrogen-bond acceptors (Lipinski definition) is 5. The molecule has 0 saturated heterocycles. The van der Waals surface area contributed by atoms with Gasteiger partial charge in [0.05, 0.1) is 16.7 Å². The summed E-state index contributed by atoms with van der Waals surface area (Å²) in [5, 5.41) is 8.02. The average molecular weight is 428 g/mol. The quantitative estimate of drug-likeness (QED) is 0.607. The molecule has 1 N–H and O–H groups in total. The van der Waals surface area contributed by atoms with Crippen LogP contribution in [0.2, 0.25) is 5.02 Å². The van der Waals surface area contributed by atoms with E-state index in [9.17, 15) is 4.79 Å². The third-order valence-electron chi connectivity index (χ3n) is 6.29. The molecule has 0 aliphatic heterocycles. The number of halogens is 1. The molecule has 5 nitrogen and oxygen atoms in total. The highest BCUT2D eigenvalue weighted by molar-refractivity contribution is 7.15. The van der Waals surface area contributed by atoms with Crippen LogP contribution >= 0.6 is 22.9 Å². The number of aryl methyl sites for hydroxylation is 1. The number of thiophene rings is 1. The Morgan fingerprint density at radius 2 is 2.00 bits per heavy atom. The van der Waals surface area contributed by atoms with E-state index in [0.717, 1.165) is 29.7 Å². The topological polar surface area (TPSA) is 68.0 Å². The van der Waals surface area contributed by atoms with Crippen LogP contribution in [-0.4, -0.2) is 16.0 Å². The number of nitrogens with zero attached hydrogens (tertiary/aromatic N) is 2. The van der Waals surface area contributed by atoms with Crippen molar-refractivity contribution in [1.29, 1.82) is 0 Å². The van der Waals surface area contributed by atoms with Crippen LogP contribution in [0.4, 0.5) is 0 Å². The second-order valence-corrected chi connectivity index (χ2v) is 9.82. The van der Waals surface area contributed by atoms with Crippen LogP contribution in [0.5, 0.6) is 0 Å². The normalized spacial score (nSPS) is 25.4. The summed E-state index contributed by atoms with van der Waals surface area (Å²) in [7, 11) is 0. The number of nitrogens with one attached hydrogen (secondary N) is 1. The van der Waals surface area contributed by atoms with E-state index >= 15 is 0 Å². The Balaban J connectivity index is 1.34. The Labute approximate surface area is 178 Å². The maximum absolute atomic E-state index is 13.1. The summed E-state index contributed by atoms with van der Waals surface area (Å²) in [6, 6.07) is 11.6. The Hall–Kier alpha value is -2.18. The number of aromatic nitrogens is 2. The van der Waals surface area contributed by atoms with Crippen LogP contribution in [0.1, 0.15) is 41.5 Å². The molecule has 2 aromatic heterocycles. The van der Waals surface area contributed by atoms with Gasteiger partial charge in [-0.25, -0.2) is 0 Å². The summed E-state index contributed by atoms with van der Waals surface area (Å²) >= 11 is 7.60. The molecule has 4 atom stereocenters. The van der Waals surface area contributed by atoms with Crippen LogP contribution in [0, 0.1) is 24.7 Å². The Kier molecular flexibility index (Phi) is 4.92. The van der Waals surface area contributed by atoms with E-state index < -0.39 is 0 Å². The van der Waals surface area contributed by atoms with Gasteiger partial charge in [-0.3, -0.25) is 4.79 Å². The molecule has 2 fully saturated rings. The predicted octanol–water partition coefficient (Wildman–Crippen LogP) is 5.21. The average Bonchev–Trinajstić information content (AvgIpc) is 3.50. The Morgan fingerprint density at radius 1 is 1.21 bits per heavy atom. The second-order valence-electron chi connectivity index (χ2n) is 8.10. The molecule has 2 saturated carbocycles. The first-order chi connectivity index (χ1) is 14.1. The van der Waals surface area contributed by atoms with Gasteiger partial charge in [-0.05, 0) is 67.9 Å². The van der Waals surface area contributed by atoms with Crippen molar-refractivity contribution in [2.45, 2.75) is 38.6 Å². The number of amides is 1. The molecule has 0 radical (unpaired) electrons. The third-order valence-corrected chi connectivity index (χ3v) is 7.54. The zero-order valence-electron chi connectivity index (χ0n) is 16.1. The lowest BCUT2D eigenvalue weighted by molar-refractivity contribution is -0.127. The van der Waals surface area contributed by atoms with Crippen LogP contribution in [-0.2, 0) is 11.3 Å². The van der Waals surface area contributed by atoms with Crippen molar-refractivity contribution in [2.24, 2.45) is 17.8 Å². The van der Waals surface area contributed by atoms with Gasteiger partial charge in [0.1, 0.15) is 0 Å². The number of rotatable bonds is 5.